The zero-order valence-corrected chi connectivity index (χ0v) is 20.9. The Balaban J connectivity index is 2.32. The third-order valence-corrected chi connectivity index (χ3v) is 6.15. The molecule has 0 aromatic heterocycles. The Kier molecular flexibility index (Phi) is 7.84. The number of ketones is 1. The summed E-state index contributed by atoms with van der Waals surface area (Å²) in [6.07, 6.45) is 0.598. The predicted octanol–water partition coefficient (Wildman–Crippen LogP) is 4.86. The molecule has 0 aliphatic carbocycles. The Labute approximate surface area is 207 Å². The van der Waals surface area contributed by atoms with Crippen LogP contribution in [0.1, 0.15) is 30.5 Å². The van der Waals surface area contributed by atoms with Crippen LogP contribution in [0, 0.1) is 0 Å². The van der Waals surface area contributed by atoms with E-state index in [1.807, 2.05) is 6.92 Å². The van der Waals surface area contributed by atoms with Crippen LogP contribution in [0.5, 0.6) is 23.0 Å². The van der Waals surface area contributed by atoms with E-state index in [-0.39, 0.29) is 32.7 Å². The fourth-order valence-electron chi connectivity index (χ4n) is 4.01. The molecular weight excluding hydrogens is 485 g/mol. The average Bonchev–Trinajstić information content (AvgIpc) is 3.08. The molecule has 10 heteroatoms. The van der Waals surface area contributed by atoms with Crippen molar-refractivity contribution in [3.05, 3.63) is 51.0 Å². The van der Waals surface area contributed by atoms with E-state index in [4.69, 9.17) is 42.1 Å². The normalized spacial score (nSPS) is 17.1. The maximum Gasteiger partial charge on any atom is 0.295 e. The standard InChI is InChI=1S/C24H25Cl2NO7/c1-6-9-27-19(12-7-8-15(31-2)16(10-12)32-3)17(21(29)24(27)30)20(28)13-11-14(25)23(34-5)18(26)22(13)33-4/h7-8,10-11,19,28H,6,9H2,1-5H3/b20-17+. The molecule has 182 valence electrons. The van der Waals surface area contributed by atoms with Gasteiger partial charge in [0.15, 0.2) is 23.0 Å². The molecule has 0 saturated carbocycles. The quantitative estimate of drug-likeness (QED) is 0.308. The molecule has 34 heavy (non-hydrogen) atoms. The molecule has 1 heterocycles. The van der Waals surface area contributed by atoms with Gasteiger partial charge in [0.25, 0.3) is 11.7 Å². The highest BCUT2D eigenvalue weighted by molar-refractivity contribution is 6.47. The first kappa shape index (κ1) is 25.5. The molecular formula is C24H25Cl2NO7. The number of rotatable bonds is 8. The third-order valence-electron chi connectivity index (χ3n) is 5.52. The van der Waals surface area contributed by atoms with E-state index in [1.54, 1.807) is 18.2 Å². The molecule has 1 amide bonds. The maximum absolute atomic E-state index is 13.2. The van der Waals surface area contributed by atoms with Crippen LogP contribution in [0.3, 0.4) is 0 Å². The van der Waals surface area contributed by atoms with Gasteiger partial charge in [-0.05, 0) is 30.2 Å². The van der Waals surface area contributed by atoms with E-state index in [9.17, 15) is 14.7 Å². The average molecular weight is 510 g/mol. The topological polar surface area (TPSA) is 94.5 Å². The van der Waals surface area contributed by atoms with Gasteiger partial charge in [0.2, 0.25) is 0 Å². The van der Waals surface area contributed by atoms with Crippen molar-refractivity contribution < 1.29 is 33.6 Å². The molecule has 0 spiro atoms. The molecule has 0 bridgehead atoms. The van der Waals surface area contributed by atoms with Gasteiger partial charge >= 0.3 is 0 Å². The number of hydrogen-bond donors (Lipinski definition) is 1. The lowest BCUT2D eigenvalue weighted by molar-refractivity contribution is -0.139. The number of aliphatic hydroxyl groups is 1. The van der Waals surface area contributed by atoms with E-state index in [2.05, 4.69) is 0 Å². The van der Waals surface area contributed by atoms with Crippen molar-refractivity contribution in [2.24, 2.45) is 0 Å². The zero-order valence-electron chi connectivity index (χ0n) is 19.4. The van der Waals surface area contributed by atoms with Gasteiger partial charge in [-0.1, -0.05) is 36.2 Å². The van der Waals surface area contributed by atoms with E-state index >= 15 is 0 Å². The molecule has 8 nitrogen and oxygen atoms in total. The number of nitrogens with zero attached hydrogens (tertiary/aromatic N) is 1. The Morgan fingerprint density at radius 1 is 0.971 bits per heavy atom. The summed E-state index contributed by atoms with van der Waals surface area (Å²) < 4.78 is 21.3. The van der Waals surface area contributed by atoms with Crippen LogP contribution in [-0.2, 0) is 9.59 Å². The van der Waals surface area contributed by atoms with Gasteiger partial charge in [0.1, 0.15) is 10.8 Å². The lowest BCUT2D eigenvalue weighted by Crippen LogP contribution is -2.30. The molecule has 2 aromatic carbocycles. The van der Waals surface area contributed by atoms with Gasteiger partial charge < -0.3 is 29.0 Å². The number of halogens is 2. The Morgan fingerprint density at radius 2 is 1.62 bits per heavy atom. The first-order chi connectivity index (χ1) is 16.2. The van der Waals surface area contributed by atoms with Crippen LogP contribution < -0.4 is 18.9 Å². The van der Waals surface area contributed by atoms with Gasteiger partial charge in [-0.25, -0.2) is 0 Å². The summed E-state index contributed by atoms with van der Waals surface area (Å²) in [5, 5.41) is 11.5. The van der Waals surface area contributed by atoms with Crippen LogP contribution in [0.15, 0.2) is 29.8 Å². The maximum atomic E-state index is 13.2. The number of methoxy groups -OCH3 is 4. The number of carbonyl (C=O) groups is 2. The summed E-state index contributed by atoms with van der Waals surface area (Å²) in [5.41, 5.74) is 0.482. The van der Waals surface area contributed by atoms with Crippen LogP contribution in [0.2, 0.25) is 10.0 Å². The molecule has 1 N–H and O–H groups in total. The fraction of sp³-hybridized carbons (Fsp3) is 0.333. The molecule has 1 fully saturated rings. The van der Waals surface area contributed by atoms with Crippen molar-refractivity contribution in [3.63, 3.8) is 0 Å². The van der Waals surface area contributed by atoms with Gasteiger partial charge in [0, 0.05) is 6.54 Å². The zero-order chi connectivity index (χ0) is 25.2. The summed E-state index contributed by atoms with van der Waals surface area (Å²) in [4.78, 5) is 27.5. The highest BCUT2D eigenvalue weighted by Gasteiger charge is 2.46. The summed E-state index contributed by atoms with van der Waals surface area (Å²) in [6, 6.07) is 5.53. The van der Waals surface area contributed by atoms with Crippen LogP contribution in [-0.4, -0.2) is 56.7 Å². The van der Waals surface area contributed by atoms with E-state index in [0.717, 1.165) is 0 Å². The minimum Gasteiger partial charge on any atom is -0.507 e. The molecule has 0 radical (unpaired) electrons. The third kappa shape index (κ3) is 4.23. The van der Waals surface area contributed by atoms with Crippen LogP contribution >= 0.6 is 23.2 Å². The largest absolute Gasteiger partial charge is 0.507 e. The van der Waals surface area contributed by atoms with Gasteiger partial charge in [-0.15, -0.1) is 0 Å². The van der Waals surface area contributed by atoms with E-state index < -0.39 is 23.5 Å². The smallest absolute Gasteiger partial charge is 0.295 e. The minimum absolute atomic E-state index is 0.0181. The summed E-state index contributed by atoms with van der Waals surface area (Å²) in [5.74, 6) is -0.944. The molecule has 3 rings (SSSR count). The Hall–Kier alpha value is -3.10. The first-order valence-electron chi connectivity index (χ1n) is 10.4. The summed E-state index contributed by atoms with van der Waals surface area (Å²) >= 11 is 12.7. The first-order valence-corrected chi connectivity index (χ1v) is 11.1. The molecule has 1 saturated heterocycles. The SMILES string of the molecule is CCCN1C(=O)C(=O)/C(=C(/O)c2cc(Cl)c(OC)c(Cl)c2OC)C1c1ccc(OC)c(OC)c1. The lowest BCUT2D eigenvalue weighted by atomic mass is 9.94. The van der Waals surface area contributed by atoms with E-state index in [1.165, 1.54) is 39.4 Å². The van der Waals surface area contributed by atoms with Crippen molar-refractivity contribution in [3.8, 4) is 23.0 Å². The number of benzene rings is 2. The molecule has 1 unspecified atom stereocenters. The number of likely N-dealkylation sites (tertiary alicyclic amines) is 1. The summed E-state index contributed by atoms with van der Waals surface area (Å²) in [7, 11) is 5.73. The van der Waals surface area contributed by atoms with Gasteiger partial charge in [-0.2, -0.15) is 0 Å². The van der Waals surface area contributed by atoms with E-state index in [0.29, 0.717) is 30.0 Å². The van der Waals surface area contributed by atoms with Crippen LogP contribution in [0.4, 0.5) is 0 Å². The van der Waals surface area contributed by atoms with Crippen molar-refractivity contribution in [2.75, 3.05) is 35.0 Å². The van der Waals surface area contributed by atoms with Crippen molar-refractivity contribution in [2.45, 2.75) is 19.4 Å². The van der Waals surface area contributed by atoms with Crippen molar-refractivity contribution in [1.82, 2.24) is 4.90 Å². The second-order valence-corrected chi connectivity index (χ2v) is 8.18. The highest BCUT2D eigenvalue weighted by Crippen LogP contribution is 2.47. The predicted molar refractivity (Wildman–Crippen MR) is 128 cm³/mol. The Bertz CT molecular complexity index is 1160. The number of ether oxygens (including phenoxy) is 4. The second kappa shape index (κ2) is 10.4. The number of amides is 1. The molecule has 1 atom stereocenters. The monoisotopic (exact) mass is 509 g/mol. The molecule has 2 aromatic rings. The number of hydrogen-bond acceptors (Lipinski definition) is 7. The fourth-order valence-corrected chi connectivity index (χ4v) is 4.70. The number of Topliss-reactive ketones (excluding diaryl/α,β-unsaturated/α-hetero) is 1. The lowest BCUT2D eigenvalue weighted by Gasteiger charge is -2.25. The second-order valence-electron chi connectivity index (χ2n) is 7.39. The molecule has 1 aliphatic rings. The Morgan fingerprint density at radius 3 is 2.18 bits per heavy atom. The van der Waals surface area contributed by atoms with Gasteiger partial charge in [-0.3, -0.25) is 9.59 Å². The number of carbonyl (C=O) groups excluding carboxylic acids is 2. The molecule has 1 aliphatic heterocycles. The van der Waals surface area contributed by atoms with Crippen molar-refractivity contribution in [1.29, 1.82) is 0 Å². The van der Waals surface area contributed by atoms with Crippen molar-refractivity contribution >= 4 is 40.7 Å². The highest BCUT2D eigenvalue weighted by atomic mass is 35.5. The summed E-state index contributed by atoms with van der Waals surface area (Å²) in [6.45, 7) is 2.18. The minimum atomic E-state index is -0.885. The van der Waals surface area contributed by atoms with Crippen LogP contribution in [0.25, 0.3) is 5.76 Å². The number of aliphatic hydroxyl groups excluding tert-OH is 1. The van der Waals surface area contributed by atoms with Gasteiger partial charge in [0.05, 0.1) is 50.6 Å².